The first kappa shape index (κ1) is 20.4. The smallest absolute Gasteiger partial charge is 0.303 e. The Labute approximate surface area is 169 Å². The molecule has 0 radical (unpaired) electrons. The van der Waals surface area contributed by atoms with Gasteiger partial charge in [0.05, 0.1) is 12.2 Å². The van der Waals surface area contributed by atoms with Crippen LogP contribution in [-0.2, 0) is 4.79 Å². The summed E-state index contributed by atoms with van der Waals surface area (Å²) in [6.45, 7) is 7.07. The minimum atomic E-state index is -0.683. The molecule has 0 amide bonds. The van der Waals surface area contributed by atoms with Gasteiger partial charge in [0.2, 0.25) is 0 Å². The molecule has 0 saturated heterocycles. The van der Waals surface area contributed by atoms with E-state index in [2.05, 4.69) is 20.8 Å². The maximum atomic E-state index is 11.0. The molecule has 3 N–H and O–H groups in total. The van der Waals surface area contributed by atoms with Gasteiger partial charge in [-0.3, -0.25) is 4.79 Å². The molecular formula is C24H38O4. The highest BCUT2D eigenvalue weighted by Crippen LogP contribution is 2.67. The number of aliphatic hydroxyl groups excluding tert-OH is 2. The van der Waals surface area contributed by atoms with Gasteiger partial charge in [-0.25, -0.2) is 0 Å². The van der Waals surface area contributed by atoms with Crippen LogP contribution in [0.15, 0.2) is 11.6 Å². The summed E-state index contributed by atoms with van der Waals surface area (Å²) >= 11 is 0. The van der Waals surface area contributed by atoms with E-state index in [1.807, 2.05) is 6.08 Å². The Morgan fingerprint density at radius 2 is 1.89 bits per heavy atom. The Balaban J connectivity index is 1.57. The number of hydrogen-bond donors (Lipinski definition) is 3. The van der Waals surface area contributed by atoms with E-state index in [1.54, 1.807) is 0 Å². The predicted octanol–water partition coefficient (Wildman–Crippen LogP) is 4.40. The van der Waals surface area contributed by atoms with Gasteiger partial charge < -0.3 is 15.3 Å². The van der Waals surface area contributed by atoms with E-state index < -0.39 is 18.2 Å². The lowest BCUT2D eigenvalue weighted by atomic mass is 9.46. The fourth-order valence-corrected chi connectivity index (χ4v) is 8.28. The van der Waals surface area contributed by atoms with Crippen molar-refractivity contribution < 1.29 is 20.1 Å². The van der Waals surface area contributed by atoms with Crippen molar-refractivity contribution in [2.45, 2.75) is 90.8 Å². The van der Waals surface area contributed by atoms with Crippen molar-refractivity contribution >= 4 is 5.97 Å². The molecule has 0 aromatic carbocycles. The lowest BCUT2D eigenvalue weighted by Gasteiger charge is -2.60. The number of carbonyl (C=O) groups is 1. The van der Waals surface area contributed by atoms with Crippen molar-refractivity contribution in [3.05, 3.63) is 11.6 Å². The molecule has 0 bridgehead atoms. The van der Waals surface area contributed by atoms with Gasteiger partial charge in [-0.1, -0.05) is 26.8 Å². The summed E-state index contributed by atoms with van der Waals surface area (Å²) in [6.07, 6.45) is 9.72. The van der Waals surface area contributed by atoms with Gasteiger partial charge in [-0.15, -0.1) is 0 Å². The summed E-state index contributed by atoms with van der Waals surface area (Å²) < 4.78 is 0. The SMILES string of the molecule is C[C@H](CCC(=O)O)[C@H]1CC[C@H]2[C@@H]3C[C@H](O)C4=C[C@H](O)CC[C@]4(C)[C@H]3CC[C@]12C. The van der Waals surface area contributed by atoms with Gasteiger partial charge in [0.25, 0.3) is 0 Å². The highest BCUT2D eigenvalue weighted by molar-refractivity contribution is 5.66. The number of aliphatic hydroxyl groups is 2. The molecule has 0 unspecified atom stereocenters. The molecule has 4 aliphatic carbocycles. The Morgan fingerprint density at radius 3 is 2.61 bits per heavy atom. The highest BCUT2D eigenvalue weighted by Gasteiger charge is 2.60. The summed E-state index contributed by atoms with van der Waals surface area (Å²) in [5.74, 6) is 2.18. The highest BCUT2D eigenvalue weighted by atomic mass is 16.4. The number of carboxylic acids is 1. The first-order valence-corrected chi connectivity index (χ1v) is 11.5. The zero-order valence-corrected chi connectivity index (χ0v) is 17.7. The first-order chi connectivity index (χ1) is 13.2. The van der Waals surface area contributed by atoms with Gasteiger partial charge in [-0.05, 0) is 97.4 Å². The fraction of sp³-hybridized carbons (Fsp3) is 0.875. The minimum Gasteiger partial charge on any atom is -0.481 e. The van der Waals surface area contributed by atoms with Crippen molar-refractivity contribution in [1.29, 1.82) is 0 Å². The average Bonchev–Trinajstić information content (AvgIpc) is 2.99. The average molecular weight is 391 g/mol. The topological polar surface area (TPSA) is 77.8 Å². The Bertz CT molecular complexity index is 657. The molecule has 4 aliphatic rings. The standard InChI is InChI=1S/C24H38O4/c1-14(4-7-22(27)28)17-5-6-18-16-13-21(26)20-12-15(25)8-10-24(20,3)19(16)9-11-23(17,18)2/h12,14-19,21,25-26H,4-11,13H2,1-3H3,(H,27,28)/t14-,15-,16+,17-,18+,19+,21+,23-,24-/m1/s1. The van der Waals surface area contributed by atoms with Crippen LogP contribution in [0.1, 0.15) is 78.6 Å². The second kappa shape index (κ2) is 7.12. The van der Waals surface area contributed by atoms with E-state index in [9.17, 15) is 15.0 Å². The molecule has 28 heavy (non-hydrogen) atoms. The van der Waals surface area contributed by atoms with E-state index in [4.69, 9.17) is 5.11 Å². The van der Waals surface area contributed by atoms with Crippen molar-refractivity contribution in [2.75, 3.05) is 0 Å². The third-order valence-corrected chi connectivity index (χ3v) is 9.67. The van der Waals surface area contributed by atoms with Crippen molar-refractivity contribution in [3.8, 4) is 0 Å². The van der Waals surface area contributed by atoms with Gasteiger partial charge in [-0.2, -0.15) is 0 Å². The molecule has 3 saturated carbocycles. The van der Waals surface area contributed by atoms with Crippen LogP contribution >= 0.6 is 0 Å². The molecule has 4 heteroatoms. The van der Waals surface area contributed by atoms with E-state index in [0.29, 0.717) is 29.6 Å². The number of hydrogen-bond acceptors (Lipinski definition) is 3. The van der Waals surface area contributed by atoms with Gasteiger partial charge in [0.15, 0.2) is 0 Å². The molecule has 0 aromatic heterocycles. The molecule has 3 fully saturated rings. The van der Waals surface area contributed by atoms with Crippen molar-refractivity contribution in [2.24, 2.45) is 40.4 Å². The number of rotatable bonds is 4. The van der Waals surface area contributed by atoms with E-state index in [1.165, 1.54) is 25.7 Å². The summed E-state index contributed by atoms with van der Waals surface area (Å²) in [6, 6.07) is 0. The molecule has 158 valence electrons. The largest absolute Gasteiger partial charge is 0.481 e. The zero-order valence-electron chi connectivity index (χ0n) is 17.7. The first-order valence-electron chi connectivity index (χ1n) is 11.5. The summed E-state index contributed by atoms with van der Waals surface area (Å²) in [5, 5.41) is 30.2. The van der Waals surface area contributed by atoms with Gasteiger partial charge in [0.1, 0.15) is 0 Å². The van der Waals surface area contributed by atoms with Crippen LogP contribution in [0.2, 0.25) is 0 Å². The molecule has 9 atom stereocenters. The number of aliphatic carboxylic acids is 1. The van der Waals surface area contributed by atoms with Crippen LogP contribution in [0, 0.1) is 40.4 Å². The fourth-order valence-electron chi connectivity index (χ4n) is 8.28. The van der Waals surface area contributed by atoms with Crippen LogP contribution in [-0.4, -0.2) is 33.5 Å². The van der Waals surface area contributed by atoms with Gasteiger partial charge >= 0.3 is 5.97 Å². The number of carboxylic acid groups (broad SMARTS) is 1. The summed E-state index contributed by atoms with van der Waals surface area (Å²) in [4.78, 5) is 11.0. The van der Waals surface area contributed by atoms with E-state index in [-0.39, 0.29) is 17.3 Å². The normalized spacial score (nSPS) is 48.8. The Morgan fingerprint density at radius 1 is 1.14 bits per heavy atom. The van der Waals surface area contributed by atoms with Crippen LogP contribution in [0.5, 0.6) is 0 Å². The monoisotopic (exact) mass is 390 g/mol. The summed E-state index contributed by atoms with van der Waals surface area (Å²) in [5.41, 5.74) is 1.43. The van der Waals surface area contributed by atoms with E-state index >= 15 is 0 Å². The van der Waals surface area contributed by atoms with E-state index in [0.717, 1.165) is 31.3 Å². The molecule has 4 rings (SSSR count). The lowest BCUT2D eigenvalue weighted by molar-refractivity contribution is -0.137. The van der Waals surface area contributed by atoms with Crippen molar-refractivity contribution in [3.63, 3.8) is 0 Å². The molecule has 0 heterocycles. The third kappa shape index (κ3) is 3.06. The third-order valence-electron chi connectivity index (χ3n) is 9.67. The molecule has 0 spiro atoms. The molecular weight excluding hydrogens is 352 g/mol. The second-order valence-electron chi connectivity index (χ2n) is 10.9. The Kier molecular flexibility index (Phi) is 5.19. The van der Waals surface area contributed by atoms with Crippen LogP contribution in [0.3, 0.4) is 0 Å². The van der Waals surface area contributed by atoms with Crippen molar-refractivity contribution in [1.82, 2.24) is 0 Å². The molecule has 0 aromatic rings. The lowest BCUT2D eigenvalue weighted by Crippen LogP contribution is -2.54. The van der Waals surface area contributed by atoms with Crippen LogP contribution < -0.4 is 0 Å². The van der Waals surface area contributed by atoms with Crippen LogP contribution in [0.25, 0.3) is 0 Å². The van der Waals surface area contributed by atoms with Gasteiger partial charge in [0, 0.05) is 6.42 Å². The maximum absolute atomic E-state index is 11.0. The minimum absolute atomic E-state index is 0.0376. The second-order valence-corrected chi connectivity index (χ2v) is 10.9. The van der Waals surface area contributed by atoms with Crippen LogP contribution in [0.4, 0.5) is 0 Å². The predicted molar refractivity (Wildman–Crippen MR) is 109 cm³/mol. The summed E-state index contributed by atoms with van der Waals surface area (Å²) in [7, 11) is 0. The number of fused-ring (bicyclic) bond motifs is 5. The Hall–Kier alpha value is -0.870. The maximum Gasteiger partial charge on any atom is 0.303 e. The molecule has 4 nitrogen and oxygen atoms in total. The quantitative estimate of drug-likeness (QED) is 0.622. The zero-order chi connectivity index (χ0) is 20.3. The molecule has 0 aliphatic heterocycles.